The van der Waals surface area contributed by atoms with Crippen molar-refractivity contribution in [2.24, 2.45) is 0 Å². The van der Waals surface area contributed by atoms with Gasteiger partial charge in [-0.2, -0.15) is 0 Å². The van der Waals surface area contributed by atoms with Crippen molar-refractivity contribution in [3.63, 3.8) is 0 Å². The number of carboxylic acids is 1. The summed E-state index contributed by atoms with van der Waals surface area (Å²) in [4.78, 5) is 25.4. The van der Waals surface area contributed by atoms with Gasteiger partial charge < -0.3 is 10.1 Å². The molecule has 0 amide bonds. The van der Waals surface area contributed by atoms with Gasteiger partial charge in [-0.15, -0.1) is 0 Å². The number of aromatic carboxylic acids is 1. The zero-order valence-corrected chi connectivity index (χ0v) is 8.07. The van der Waals surface area contributed by atoms with Crippen LogP contribution in [0, 0.1) is 6.92 Å². The lowest BCUT2D eigenvalue weighted by molar-refractivity contribution is 0.0699. The van der Waals surface area contributed by atoms with Gasteiger partial charge in [-0.05, 0) is 19.1 Å². The van der Waals surface area contributed by atoms with Crippen molar-refractivity contribution >= 4 is 16.9 Å². The molecular formula is C11H9NO3. The van der Waals surface area contributed by atoms with Crippen molar-refractivity contribution in [3.8, 4) is 0 Å². The molecule has 0 aliphatic heterocycles. The van der Waals surface area contributed by atoms with Crippen LogP contribution in [0.3, 0.4) is 0 Å². The van der Waals surface area contributed by atoms with E-state index in [0.717, 1.165) is 0 Å². The van der Waals surface area contributed by atoms with E-state index >= 15 is 0 Å². The van der Waals surface area contributed by atoms with Crippen molar-refractivity contribution in [2.45, 2.75) is 6.92 Å². The summed E-state index contributed by atoms with van der Waals surface area (Å²) in [5.41, 5.74) is 0.994. The van der Waals surface area contributed by atoms with Crippen molar-refractivity contribution in [1.29, 1.82) is 0 Å². The summed E-state index contributed by atoms with van der Waals surface area (Å²) in [5, 5.41) is 9.35. The Balaban J connectivity index is 2.97. The van der Waals surface area contributed by atoms with E-state index in [0.29, 0.717) is 16.6 Å². The first-order valence-electron chi connectivity index (χ1n) is 4.45. The highest BCUT2D eigenvalue weighted by Crippen LogP contribution is 2.13. The normalized spacial score (nSPS) is 10.5. The summed E-state index contributed by atoms with van der Waals surface area (Å²) in [6, 6.07) is 6.10. The number of carbonyl (C=O) groups is 1. The summed E-state index contributed by atoms with van der Waals surface area (Å²) in [7, 11) is 0. The van der Waals surface area contributed by atoms with Gasteiger partial charge in [0.25, 0.3) is 0 Å². The van der Waals surface area contributed by atoms with Crippen LogP contribution < -0.4 is 5.43 Å². The van der Waals surface area contributed by atoms with Gasteiger partial charge in [0, 0.05) is 17.1 Å². The zero-order chi connectivity index (χ0) is 11.0. The summed E-state index contributed by atoms with van der Waals surface area (Å²) in [6.45, 7) is 1.72. The molecule has 2 rings (SSSR count). The molecule has 0 saturated heterocycles. The largest absolute Gasteiger partial charge is 0.478 e. The Labute approximate surface area is 85.2 Å². The van der Waals surface area contributed by atoms with Gasteiger partial charge in [0.1, 0.15) is 0 Å². The van der Waals surface area contributed by atoms with E-state index in [9.17, 15) is 9.59 Å². The van der Waals surface area contributed by atoms with Crippen molar-refractivity contribution in [3.05, 3.63) is 45.7 Å². The highest BCUT2D eigenvalue weighted by atomic mass is 16.4. The first kappa shape index (κ1) is 9.45. The number of rotatable bonds is 1. The van der Waals surface area contributed by atoms with Crippen LogP contribution in [0.2, 0.25) is 0 Å². The summed E-state index contributed by atoms with van der Waals surface area (Å²) in [6.07, 6.45) is 0. The molecule has 0 aliphatic carbocycles. The number of carboxylic acid groups (broad SMARTS) is 1. The molecule has 0 fully saturated rings. The number of hydrogen-bond acceptors (Lipinski definition) is 2. The van der Waals surface area contributed by atoms with Gasteiger partial charge in [-0.3, -0.25) is 4.79 Å². The Kier molecular flexibility index (Phi) is 2.04. The quantitative estimate of drug-likeness (QED) is 0.738. The minimum Gasteiger partial charge on any atom is -0.478 e. The number of benzene rings is 1. The first-order chi connectivity index (χ1) is 7.09. The number of hydrogen-bond donors (Lipinski definition) is 2. The molecule has 1 aromatic carbocycles. The molecule has 0 unspecified atom stereocenters. The van der Waals surface area contributed by atoms with Gasteiger partial charge in [0.2, 0.25) is 0 Å². The molecule has 15 heavy (non-hydrogen) atoms. The minimum absolute atomic E-state index is 0.119. The molecule has 0 aliphatic rings. The van der Waals surface area contributed by atoms with Crippen LogP contribution in [-0.4, -0.2) is 16.1 Å². The molecule has 1 heterocycles. The topological polar surface area (TPSA) is 70.2 Å². The molecule has 76 valence electrons. The van der Waals surface area contributed by atoms with Gasteiger partial charge >= 0.3 is 5.97 Å². The van der Waals surface area contributed by atoms with Crippen LogP contribution in [0.25, 0.3) is 10.9 Å². The van der Waals surface area contributed by atoms with Crippen molar-refractivity contribution < 1.29 is 9.90 Å². The molecule has 0 saturated carbocycles. The summed E-state index contributed by atoms with van der Waals surface area (Å²) in [5.74, 6) is -1.04. The van der Waals surface area contributed by atoms with Crippen LogP contribution in [0.5, 0.6) is 0 Å². The number of pyridine rings is 1. The molecule has 1 aromatic heterocycles. The highest BCUT2D eigenvalue weighted by Gasteiger charge is 2.10. The fourth-order valence-corrected chi connectivity index (χ4v) is 1.58. The lowest BCUT2D eigenvalue weighted by Crippen LogP contribution is -2.07. The zero-order valence-electron chi connectivity index (χ0n) is 8.07. The standard InChI is InChI=1S/C11H9NO3/c1-6-5-9(13)7-3-2-4-8(11(14)15)10(7)12-6/h2-5H,1H3,(H,12,13)(H,14,15). The van der Waals surface area contributed by atoms with E-state index in [-0.39, 0.29) is 11.0 Å². The van der Waals surface area contributed by atoms with Crippen LogP contribution in [0.1, 0.15) is 16.1 Å². The maximum atomic E-state index is 11.6. The van der Waals surface area contributed by atoms with Crippen LogP contribution in [0.15, 0.2) is 29.1 Å². The Hall–Kier alpha value is -2.10. The third kappa shape index (κ3) is 1.50. The predicted octanol–water partition coefficient (Wildman–Crippen LogP) is 1.53. The average molecular weight is 203 g/mol. The smallest absolute Gasteiger partial charge is 0.337 e. The lowest BCUT2D eigenvalue weighted by atomic mass is 10.1. The van der Waals surface area contributed by atoms with Crippen molar-refractivity contribution in [2.75, 3.05) is 0 Å². The van der Waals surface area contributed by atoms with E-state index in [4.69, 9.17) is 5.11 Å². The predicted molar refractivity (Wildman–Crippen MR) is 56.3 cm³/mol. The van der Waals surface area contributed by atoms with Crippen LogP contribution in [-0.2, 0) is 0 Å². The molecule has 2 aromatic rings. The van der Waals surface area contributed by atoms with Crippen molar-refractivity contribution in [1.82, 2.24) is 4.98 Å². The second-order valence-corrected chi connectivity index (χ2v) is 3.35. The van der Waals surface area contributed by atoms with E-state index in [1.165, 1.54) is 12.1 Å². The molecular weight excluding hydrogens is 194 g/mol. The molecule has 0 spiro atoms. The highest BCUT2D eigenvalue weighted by molar-refractivity contribution is 6.01. The Morgan fingerprint density at radius 2 is 2.13 bits per heavy atom. The molecule has 2 N–H and O–H groups in total. The van der Waals surface area contributed by atoms with E-state index in [1.807, 2.05) is 0 Å². The maximum absolute atomic E-state index is 11.6. The number of fused-ring (bicyclic) bond motifs is 1. The van der Waals surface area contributed by atoms with Gasteiger partial charge in [-0.1, -0.05) is 6.07 Å². The summed E-state index contributed by atoms with van der Waals surface area (Å²) >= 11 is 0. The van der Waals surface area contributed by atoms with Gasteiger partial charge in [0.05, 0.1) is 11.1 Å². The van der Waals surface area contributed by atoms with E-state index in [1.54, 1.807) is 19.1 Å². The number of para-hydroxylation sites is 1. The van der Waals surface area contributed by atoms with Gasteiger partial charge in [0.15, 0.2) is 5.43 Å². The number of aromatic nitrogens is 1. The Morgan fingerprint density at radius 3 is 2.80 bits per heavy atom. The molecule has 0 radical (unpaired) electrons. The summed E-state index contributed by atoms with van der Waals surface area (Å²) < 4.78 is 0. The number of H-pyrrole nitrogens is 1. The first-order valence-corrected chi connectivity index (χ1v) is 4.45. The molecule has 0 atom stereocenters. The van der Waals surface area contributed by atoms with Gasteiger partial charge in [-0.25, -0.2) is 4.79 Å². The molecule has 4 heteroatoms. The van der Waals surface area contributed by atoms with Crippen LogP contribution >= 0.6 is 0 Å². The van der Waals surface area contributed by atoms with E-state index in [2.05, 4.69) is 4.98 Å². The average Bonchev–Trinajstić information content (AvgIpc) is 2.16. The van der Waals surface area contributed by atoms with Crippen LogP contribution in [0.4, 0.5) is 0 Å². The minimum atomic E-state index is -1.04. The Bertz CT molecular complexity index is 598. The monoisotopic (exact) mass is 203 g/mol. The maximum Gasteiger partial charge on any atom is 0.337 e. The fourth-order valence-electron chi connectivity index (χ4n) is 1.58. The SMILES string of the molecule is Cc1cc(=O)c2cccc(C(=O)O)c2[nH]1. The Morgan fingerprint density at radius 1 is 1.40 bits per heavy atom. The third-order valence-corrected chi connectivity index (χ3v) is 2.23. The third-order valence-electron chi connectivity index (χ3n) is 2.23. The van der Waals surface area contributed by atoms with E-state index < -0.39 is 5.97 Å². The number of aromatic amines is 1. The number of aryl methyl sites for hydroxylation is 1. The molecule has 0 bridgehead atoms. The second-order valence-electron chi connectivity index (χ2n) is 3.35. The molecule has 4 nitrogen and oxygen atoms in total. The number of nitrogens with one attached hydrogen (secondary N) is 1. The second kappa shape index (κ2) is 3.24. The lowest BCUT2D eigenvalue weighted by Gasteiger charge is -2.03. The fraction of sp³-hybridized carbons (Fsp3) is 0.0909.